The molecule has 0 atom stereocenters. The van der Waals surface area contributed by atoms with E-state index in [4.69, 9.17) is 8.83 Å². The Balaban J connectivity index is 0.000000128. The van der Waals surface area contributed by atoms with Crippen LogP contribution < -0.4 is 10.9 Å². The minimum atomic E-state index is 0.00745. The number of hydrogen-bond acceptors (Lipinski definition) is 4. The molecule has 6 rings (SSSR count). The number of fused-ring (bicyclic) bond motifs is 6. The summed E-state index contributed by atoms with van der Waals surface area (Å²) in [5.41, 5.74) is 1.29. The third-order valence-electron chi connectivity index (χ3n) is 5.10. The first-order valence-electron chi connectivity index (χ1n) is 9.51. The highest BCUT2D eigenvalue weighted by molar-refractivity contribution is 6.05. The molecule has 0 radical (unpaired) electrons. The fourth-order valence-electron chi connectivity index (χ4n) is 3.71. The van der Waals surface area contributed by atoms with Crippen LogP contribution in [-0.2, 0) is 0 Å². The highest BCUT2D eigenvalue weighted by Gasteiger charge is 2.05. The first kappa shape index (κ1) is 17.9. The quantitative estimate of drug-likeness (QED) is 0.302. The SMILES string of the molecule is O=c1ccoc2ccc3ccccc3c12.O=c1ccoc2ccc3ccccc3c12. The van der Waals surface area contributed by atoms with Gasteiger partial charge < -0.3 is 8.83 Å². The van der Waals surface area contributed by atoms with E-state index in [1.54, 1.807) is 0 Å². The van der Waals surface area contributed by atoms with Gasteiger partial charge in [0, 0.05) is 12.1 Å². The first-order chi connectivity index (χ1) is 14.7. The maximum atomic E-state index is 11.7. The van der Waals surface area contributed by atoms with Crippen molar-refractivity contribution >= 4 is 43.5 Å². The summed E-state index contributed by atoms with van der Waals surface area (Å²) >= 11 is 0. The van der Waals surface area contributed by atoms with E-state index in [1.807, 2.05) is 72.8 Å². The van der Waals surface area contributed by atoms with E-state index < -0.39 is 0 Å². The molecule has 0 unspecified atom stereocenters. The van der Waals surface area contributed by atoms with Crippen LogP contribution >= 0.6 is 0 Å². The Hall–Kier alpha value is -4.18. The van der Waals surface area contributed by atoms with Crippen molar-refractivity contribution in [2.24, 2.45) is 0 Å². The second kappa shape index (κ2) is 7.33. The van der Waals surface area contributed by atoms with Gasteiger partial charge in [0.2, 0.25) is 0 Å². The molecule has 0 spiro atoms. The van der Waals surface area contributed by atoms with Crippen LogP contribution in [0.1, 0.15) is 0 Å². The Labute approximate surface area is 170 Å². The van der Waals surface area contributed by atoms with Crippen molar-refractivity contribution in [3.8, 4) is 0 Å². The Bertz CT molecular complexity index is 1520. The summed E-state index contributed by atoms with van der Waals surface area (Å²) in [6.07, 6.45) is 2.86. The minimum absolute atomic E-state index is 0.00745. The van der Waals surface area contributed by atoms with Gasteiger partial charge in [0.15, 0.2) is 10.9 Å². The average Bonchev–Trinajstić information content (AvgIpc) is 2.79. The average molecular weight is 392 g/mol. The lowest BCUT2D eigenvalue weighted by molar-refractivity contribution is 0.603. The minimum Gasteiger partial charge on any atom is -0.464 e. The van der Waals surface area contributed by atoms with Crippen LogP contribution in [0.3, 0.4) is 0 Å². The van der Waals surface area contributed by atoms with E-state index >= 15 is 0 Å². The van der Waals surface area contributed by atoms with Gasteiger partial charge in [0.1, 0.15) is 11.2 Å². The maximum Gasteiger partial charge on any atom is 0.193 e. The molecule has 4 heteroatoms. The van der Waals surface area contributed by atoms with Gasteiger partial charge in [0.25, 0.3) is 0 Å². The third kappa shape index (κ3) is 3.05. The number of benzene rings is 4. The maximum absolute atomic E-state index is 11.7. The van der Waals surface area contributed by atoms with E-state index in [-0.39, 0.29) is 10.9 Å². The molecule has 4 aromatic carbocycles. The van der Waals surface area contributed by atoms with Gasteiger partial charge in [-0.2, -0.15) is 0 Å². The smallest absolute Gasteiger partial charge is 0.193 e. The molecule has 2 aromatic heterocycles. The summed E-state index contributed by atoms with van der Waals surface area (Å²) in [6.45, 7) is 0. The van der Waals surface area contributed by atoms with Crippen LogP contribution in [0.2, 0.25) is 0 Å². The van der Waals surface area contributed by atoms with Crippen molar-refractivity contribution in [1.29, 1.82) is 0 Å². The Morgan fingerprint density at radius 2 is 0.900 bits per heavy atom. The zero-order valence-electron chi connectivity index (χ0n) is 15.9. The van der Waals surface area contributed by atoms with E-state index in [1.165, 1.54) is 24.7 Å². The largest absolute Gasteiger partial charge is 0.464 e. The lowest BCUT2D eigenvalue weighted by Crippen LogP contribution is -1.98. The monoisotopic (exact) mass is 392 g/mol. The molecular weight excluding hydrogens is 376 g/mol. The normalized spacial score (nSPS) is 10.9. The predicted molar refractivity (Wildman–Crippen MR) is 120 cm³/mol. The molecule has 2 heterocycles. The van der Waals surface area contributed by atoms with Crippen LogP contribution in [0.4, 0.5) is 0 Å². The Kier molecular flexibility index (Phi) is 4.37. The van der Waals surface area contributed by atoms with E-state index in [2.05, 4.69) is 0 Å². The van der Waals surface area contributed by atoms with E-state index in [0.717, 1.165) is 21.5 Å². The third-order valence-corrected chi connectivity index (χ3v) is 5.10. The molecule has 6 aromatic rings. The molecule has 0 fully saturated rings. The summed E-state index contributed by atoms with van der Waals surface area (Å²) in [5, 5.41) is 5.34. The van der Waals surface area contributed by atoms with Crippen LogP contribution in [0.5, 0.6) is 0 Å². The second-order valence-corrected chi connectivity index (χ2v) is 6.89. The molecule has 0 aliphatic heterocycles. The van der Waals surface area contributed by atoms with Crippen LogP contribution in [0, 0.1) is 0 Å². The first-order valence-corrected chi connectivity index (χ1v) is 9.51. The molecule has 0 aliphatic rings. The summed E-state index contributed by atoms with van der Waals surface area (Å²) in [5.74, 6) is 0. The van der Waals surface area contributed by atoms with Crippen LogP contribution in [0.15, 0.2) is 116 Å². The molecule has 0 bridgehead atoms. The molecule has 4 nitrogen and oxygen atoms in total. The van der Waals surface area contributed by atoms with Gasteiger partial charge in [-0.25, -0.2) is 0 Å². The standard InChI is InChI=1S/2C13H8O2/c2*14-11-7-8-15-12-6-5-9-3-1-2-4-10(9)13(11)12/h2*1-8H. The molecule has 144 valence electrons. The van der Waals surface area contributed by atoms with Crippen molar-refractivity contribution in [3.05, 3.63) is 118 Å². The summed E-state index contributed by atoms with van der Waals surface area (Å²) < 4.78 is 10.6. The van der Waals surface area contributed by atoms with Crippen molar-refractivity contribution < 1.29 is 8.83 Å². The molecular formula is C26H16O4. The number of rotatable bonds is 0. The molecule has 0 N–H and O–H groups in total. The summed E-state index contributed by atoms with van der Waals surface area (Å²) in [6, 6.07) is 26.1. The van der Waals surface area contributed by atoms with Gasteiger partial charge in [-0.3, -0.25) is 9.59 Å². The van der Waals surface area contributed by atoms with Crippen LogP contribution in [0.25, 0.3) is 43.5 Å². The van der Waals surface area contributed by atoms with Gasteiger partial charge in [-0.05, 0) is 33.7 Å². The Morgan fingerprint density at radius 1 is 0.467 bits per heavy atom. The van der Waals surface area contributed by atoms with Gasteiger partial charge in [0.05, 0.1) is 23.3 Å². The van der Waals surface area contributed by atoms with Gasteiger partial charge in [-0.1, -0.05) is 60.7 Å². The molecule has 30 heavy (non-hydrogen) atoms. The lowest BCUT2D eigenvalue weighted by Gasteiger charge is -2.00. The molecule has 0 aliphatic carbocycles. The lowest BCUT2D eigenvalue weighted by atomic mass is 10.1. The molecule has 0 saturated heterocycles. The Morgan fingerprint density at radius 3 is 1.37 bits per heavy atom. The predicted octanol–water partition coefficient (Wildman–Crippen LogP) is 5.89. The van der Waals surface area contributed by atoms with E-state index in [0.29, 0.717) is 21.9 Å². The second-order valence-electron chi connectivity index (χ2n) is 6.89. The number of hydrogen-bond donors (Lipinski definition) is 0. The zero-order chi connectivity index (χ0) is 20.5. The van der Waals surface area contributed by atoms with Crippen molar-refractivity contribution in [3.63, 3.8) is 0 Å². The topological polar surface area (TPSA) is 60.4 Å². The highest BCUT2D eigenvalue weighted by Crippen LogP contribution is 2.23. The summed E-state index contributed by atoms with van der Waals surface area (Å²) in [7, 11) is 0. The van der Waals surface area contributed by atoms with Gasteiger partial charge >= 0.3 is 0 Å². The molecule has 0 amide bonds. The summed E-state index contributed by atoms with van der Waals surface area (Å²) in [4.78, 5) is 23.5. The van der Waals surface area contributed by atoms with Crippen LogP contribution in [-0.4, -0.2) is 0 Å². The highest BCUT2D eigenvalue weighted by atomic mass is 16.3. The van der Waals surface area contributed by atoms with Gasteiger partial charge in [-0.15, -0.1) is 0 Å². The fraction of sp³-hybridized carbons (Fsp3) is 0. The fourth-order valence-corrected chi connectivity index (χ4v) is 3.71. The van der Waals surface area contributed by atoms with E-state index in [9.17, 15) is 9.59 Å². The zero-order valence-corrected chi connectivity index (χ0v) is 15.9. The molecule has 0 saturated carbocycles. The van der Waals surface area contributed by atoms with Crippen molar-refractivity contribution in [2.75, 3.05) is 0 Å². The van der Waals surface area contributed by atoms with Crippen molar-refractivity contribution in [2.45, 2.75) is 0 Å². The van der Waals surface area contributed by atoms with Crippen molar-refractivity contribution in [1.82, 2.24) is 0 Å².